The zero-order valence-electron chi connectivity index (χ0n) is 9.19. The Kier molecular flexibility index (Phi) is 3.12. The van der Waals surface area contributed by atoms with Gasteiger partial charge in [0.15, 0.2) is 0 Å². The molecule has 0 aromatic heterocycles. The number of aliphatic hydroxyl groups excluding tert-OH is 1. The Morgan fingerprint density at radius 1 is 1.25 bits per heavy atom. The van der Waals surface area contributed by atoms with E-state index in [4.69, 9.17) is 10.8 Å². The van der Waals surface area contributed by atoms with Crippen LogP contribution in [0.1, 0.15) is 12.8 Å². The van der Waals surface area contributed by atoms with Gasteiger partial charge in [-0.15, -0.1) is 0 Å². The summed E-state index contributed by atoms with van der Waals surface area (Å²) in [5.41, 5.74) is 6.57. The van der Waals surface area contributed by atoms with E-state index in [2.05, 4.69) is 4.90 Å². The fourth-order valence-electron chi connectivity index (χ4n) is 2.02. The molecule has 1 fully saturated rings. The van der Waals surface area contributed by atoms with Crippen molar-refractivity contribution >= 4 is 5.69 Å². The van der Waals surface area contributed by atoms with Crippen LogP contribution in [0.5, 0.6) is 0 Å². The van der Waals surface area contributed by atoms with E-state index in [9.17, 15) is 4.39 Å². The first-order chi connectivity index (χ1) is 7.63. The fraction of sp³-hybridized carbons (Fsp3) is 0.500. The second kappa shape index (κ2) is 4.39. The Bertz CT molecular complexity index is 345. The molecule has 1 saturated heterocycles. The Morgan fingerprint density at radius 2 is 1.81 bits per heavy atom. The van der Waals surface area contributed by atoms with Crippen molar-refractivity contribution in [2.45, 2.75) is 18.4 Å². The molecule has 1 heterocycles. The summed E-state index contributed by atoms with van der Waals surface area (Å²) in [4.78, 5) is 2.17. The summed E-state index contributed by atoms with van der Waals surface area (Å²) in [5.74, 6) is -0.218. The lowest BCUT2D eigenvalue weighted by molar-refractivity contribution is 0.170. The SMILES string of the molecule is NC1(CO)CCN(c2ccc(F)cc2)CC1. The number of hydrogen-bond donors (Lipinski definition) is 2. The van der Waals surface area contributed by atoms with E-state index in [1.165, 1.54) is 12.1 Å². The summed E-state index contributed by atoms with van der Waals surface area (Å²) in [6.45, 7) is 1.65. The van der Waals surface area contributed by atoms with E-state index in [0.717, 1.165) is 31.6 Å². The third-order valence-electron chi connectivity index (χ3n) is 3.27. The fourth-order valence-corrected chi connectivity index (χ4v) is 2.02. The standard InChI is InChI=1S/C12H17FN2O/c13-10-1-3-11(4-2-10)15-7-5-12(14,9-16)6-8-15/h1-4,16H,5-9,14H2. The van der Waals surface area contributed by atoms with Crippen LogP contribution in [0, 0.1) is 5.82 Å². The molecule has 4 heteroatoms. The molecular weight excluding hydrogens is 207 g/mol. The molecule has 0 spiro atoms. The number of benzene rings is 1. The molecule has 0 amide bonds. The first-order valence-corrected chi connectivity index (χ1v) is 5.53. The van der Waals surface area contributed by atoms with Gasteiger partial charge in [-0.1, -0.05) is 0 Å². The van der Waals surface area contributed by atoms with Gasteiger partial charge in [-0.3, -0.25) is 0 Å². The smallest absolute Gasteiger partial charge is 0.123 e. The summed E-state index contributed by atoms with van der Waals surface area (Å²) in [7, 11) is 0. The molecule has 1 aliphatic rings. The predicted octanol–water partition coefficient (Wildman–Crippen LogP) is 1.12. The molecule has 16 heavy (non-hydrogen) atoms. The maximum atomic E-state index is 12.8. The van der Waals surface area contributed by atoms with Crippen molar-refractivity contribution < 1.29 is 9.50 Å². The van der Waals surface area contributed by atoms with Gasteiger partial charge in [0.05, 0.1) is 6.61 Å². The van der Waals surface area contributed by atoms with E-state index in [1.54, 1.807) is 12.1 Å². The summed E-state index contributed by atoms with van der Waals surface area (Å²) >= 11 is 0. The molecule has 3 N–H and O–H groups in total. The normalized spacial score (nSPS) is 19.8. The Labute approximate surface area is 94.7 Å². The highest BCUT2D eigenvalue weighted by Crippen LogP contribution is 2.24. The van der Waals surface area contributed by atoms with Crippen LogP contribution >= 0.6 is 0 Å². The Morgan fingerprint density at radius 3 is 2.31 bits per heavy atom. The minimum Gasteiger partial charge on any atom is -0.394 e. The van der Waals surface area contributed by atoms with Gasteiger partial charge in [0, 0.05) is 24.3 Å². The average Bonchev–Trinajstić information content (AvgIpc) is 2.32. The van der Waals surface area contributed by atoms with Crippen molar-refractivity contribution in [3.05, 3.63) is 30.1 Å². The monoisotopic (exact) mass is 224 g/mol. The molecule has 1 aromatic rings. The number of piperidine rings is 1. The quantitative estimate of drug-likeness (QED) is 0.791. The number of halogens is 1. The van der Waals surface area contributed by atoms with Gasteiger partial charge >= 0.3 is 0 Å². The number of nitrogens with two attached hydrogens (primary N) is 1. The lowest BCUT2D eigenvalue weighted by Crippen LogP contribution is -2.52. The number of aliphatic hydroxyl groups is 1. The van der Waals surface area contributed by atoms with Crippen molar-refractivity contribution in [2.24, 2.45) is 5.73 Å². The highest BCUT2D eigenvalue weighted by Gasteiger charge is 2.29. The predicted molar refractivity (Wildman–Crippen MR) is 61.9 cm³/mol. The molecule has 2 rings (SSSR count). The molecular formula is C12H17FN2O. The first kappa shape index (κ1) is 11.4. The van der Waals surface area contributed by atoms with Crippen LogP contribution in [0.15, 0.2) is 24.3 Å². The largest absolute Gasteiger partial charge is 0.394 e. The van der Waals surface area contributed by atoms with E-state index >= 15 is 0 Å². The first-order valence-electron chi connectivity index (χ1n) is 5.53. The van der Waals surface area contributed by atoms with E-state index in [0.29, 0.717) is 0 Å². The van der Waals surface area contributed by atoms with Gasteiger partial charge in [-0.05, 0) is 37.1 Å². The summed E-state index contributed by atoms with van der Waals surface area (Å²) in [5, 5.41) is 9.15. The number of rotatable bonds is 2. The molecule has 3 nitrogen and oxygen atoms in total. The highest BCUT2D eigenvalue weighted by atomic mass is 19.1. The van der Waals surface area contributed by atoms with Gasteiger partial charge in [-0.2, -0.15) is 0 Å². The van der Waals surface area contributed by atoms with E-state index < -0.39 is 5.54 Å². The van der Waals surface area contributed by atoms with Crippen LogP contribution in [-0.2, 0) is 0 Å². The van der Waals surface area contributed by atoms with Gasteiger partial charge in [0.1, 0.15) is 5.82 Å². The number of nitrogens with zero attached hydrogens (tertiary/aromatic N) is 1. The molecule has 0 atom stereocenters. The maximum Gasteiger partial charge on any atom is 0.123 e. The maximum absolute atomic E-state index is 12.8. The average molecular weight is 224 g/mol. The zero-order valence-corrected chi connectivity index (χ0v) is 9.19. The Balaban J connectivity index is 2.01. The van der Waals surface area contributed by atoms with E-state index in [1.807, 2.05) is 0 Å². The summed E-state index contributed by atoms with van der Waals surface area (Å²) in [6.07, 6.45) is 1.53. The number of hydrogen-bond acceptors (Lipinski definition) is 3. The second-order valence-corrected chi connectivity index (χ2v) is 4.48. The van der Waals surface area contributed by atoms with Crippen LogP contribution in [0.3, 0.4) is 0 Å². The molecule has 0 radical (unpaired) electrons. The highest BCUT2D eigenvalue weighted by molar-refractivity contribution is 5.46. The van der Waals surface area contributed by atoms with Gasteiger partial charge in [-0.25, -0.2) is 4.39 Å². The van der Waals surface area contributed by atoms with E-state index in [-0.39, 0.29) is 12.4 Å². The van der Waals surface area contributed by atoms with Crippen molar-refractivity contribution in [2.75, 3.05) is 24.6 Å². The van der Waals surface area contributed by atoms with Crippen LogP contribution < -0.4 is 10.6 Å². The van der Waals surface area contributed by atoms with Crippen molar-refractivity contribution in [1.82, 2.24) is 0 Å². The zero-order chi connectivity index (χ0) is 11.6. The van der Waals surface area contributed by atoms with Gasteiger partial charge in [0.2, 0.25) is 0 Å². The molecule has 1 aromatic carbocycles. The van der Waals surface area contributed by atoms with Crippen LogP contribution in [-0.4, -0.2) is 30.3 Å². The van der Waals surface area contributed by atoms with Crippen LogP contribution in [0.25, 0.3) is 0 Å². The van der Waals surface area contributed by atoms with Crippen LogP contribution in [0.2, 0.25) is 0 Å². The third-order valence-corrected chi connectivity index (χ3v) is 3.27. The minimum absolute atomic E-state index is 0.0320. The summed E-state index contributed by atoms with van der Waals surface area (Å²) < 4.78 is 12.8. The van der Waals surface area contributed by atoms with Crippen LogP contribution in [0.4, 0.5) is 10.1 Å². The lowest BCUT2D eigenvalue weighted by atomic mass is 9.89. The molecule has 1 aliphatic heterocycles. The van der Waals surface area contributed by atoms with Gasteiger partial charge < -0.3 is 15.7 Å². The molecule has 0 unspecified atom stereocenters. The topological polar surface area (TPSA) is 49.5 Å². The molecule has 0 aliphatic carbocycles. The molecule has 88 valence electrons. The van der Waals surface area contributed by atoms with Crippen molar-refractivity contribution in [1.29, 1.82) is 0 Å². The Hall–Kier alpha value is -1.13. The molecule has 0 bridgehead atoms. The summed E-state index contributed by atoms with van der Waals surface area (Å²) in [6, 6.07) is 6.48. The number of anilines is 1. The third kappa shape index (κ3) is 2.33. The lowest BCUT2D eigenvalue weighted by Gasteiger charge is -2.39. The van der Waals surface area contributed by atoms with Gasteiger partial charge in [0.25, 0.3) is 0 Å². The van der Waals surface area contributed by atoms with Crippen molar-refractivity contribution in [3.63, 3.8) is 0 Å². The van der Waals surface area contributed by atoms with Crippen molar-refractivity contribution in [3.8, 4) is 0 Å². The second-order valence-electron chi connectivity index (χ2n) is 4.48. The minimum atomic E-state index is -0.434. The molecule has 0 saturated carbocycles.